The molecule has 0 aliphatic carbocycles. The number of halogens is 1. The zero-order chi connectivity index (χ0) is 23.6. The second-order valence-electron chi connectivity index (χ2n) is 7.25. The molecule has 0 radical (unpaired) electrons. The SMILES string of the molecule is COc1cccc(-n2nnc(C(=O)Nc3ccc(Cl)c(S(=O)(=O)N4CCOCC4)c3)c2C)c1. The lowest BCUT2D eigenvalue weighted by molar-refractivity contribution is 0.0730. The van der Waals surface area contributed by atoms with Crippen LogP contribution in [-0.4, -0.2) is 67.0 Å². The summed E-state index contributed by atoms with van der Waals surface area (Å²) in [6.07, 6.45) is 0. The van der Waals surface area contributed by atoms with E-state index in [1.807, 2.05) is 6.07 Å². The quantitative estimate of drug-likeness (QED) is 0.563. The van der Waals surface area contributed by atoms with Crippen molar-refractivity contribution in [2.75, 3.05) is 38.7 Å². The average molecular weight is 492 g/mol. The van der Waals surface area contributed by atoms with Gasteiger partial charge in [0.05, 0.1) is 36.7 Å². The molecule has 174 valence electrons. The topological polar surface area (TPSA) is 116 Å². The monoisotopic (exact) mass is 491 g/mol. The van der Waals surface area contributed by atoms with Gasteiger partial charge in [-0.05, 0) is 37.3 Å². The summed E-state index contributed by atoms with van der Waals surface area (Å²) in [6.45, 7) is 2.82. The molecule has 0 saturated carbocycles. The lowest BCUT2D eigenvalue weighted by atomic mass is 10.2. The van der Waals surface area contributed by atoms with E-state index in [-0.39, 0.29) is 34.4 Å². The predicted molar refractivity (Wildman–Crippen MR) is 122 cm³/mol. The lowest BCUT2D eigenvalue weighted by Crippen LogP contribution is -2.40. The van der Waals surface area contributed by atoms with E-state index in [2.05, 4.69) is 15.6 Å². The highest BCUT2D eigenvalue weighted by Gasteiger charge is 2.29. The van der Waals surface area contributed by atoms with Gasteiger partial charge in [-0.15, -0.1) is 5.10 Å². The average Bonchev–Trinajstić information content (AvgIpc) is 3.22. The molecule has 2 heterocycles. The zero-order valence-electron chi connectivity index (χ0n) is 18.0. The second kappa shape index (κ2) is 9.48. The highest BCUT2D eigenvalue weighted by Crippen LogP contribution is 2.28. The number of aromatic nitrogens is 3. The maximum absolute atomic E-state index is 13.0. The number of rotatable bonds is 6. The molecule has 0 bridgehead atoms. The van der Waals surface area contributed by atoms with Gasteiger partial charge in [0, 0.05) is 24.8 Å². The highest BCUT2D eigenvalue weighted by molar-refractivity contribution is 7.89. The summed E-state index contributed by atoms with van der Waals surface area (Å²) in [5.74, 6) is 0.113. The van der Waals surface area contributed by atoms with Crippen molar-refractivity contribution < 1.29 is 22.7 Å². The highest BCUT2D eigenvalue weighted by atomic mass is 35.5. The maximum Gasteiger partial charge on any atom is 0.278 e. The van der Waals surface area contributed by atoms with Crippen LogP contribution < -0.4 is 10.1 Å². The van der Waals surface area contributed by atoms with Gasteiger partial charge >= 0.3 is 0 Å². The van der Waals surface area contributed by atoms with Crippen molar-refractivity contribution in [2.45, 2.75) is 11.8 Å². The molecule has 3 aromatic rings. The van der Waals surface area contributed by atoms with Gasteiger partial charge in [0.15, 0.2) is 5.69 Å². The van der Waals surface area contributed by atoms with Gasteiger partial charge in [0.25, 0.3) is 5.91 Å². The molecular formula is C21H22ClN5O5S. The Morgan fingerprint density at radius 2 is 1.94 bits per heavy atom. The Labute approximate surface area is 196 Å². The summed E-state index contributed by atoms with van der Waals surface area (Å²) in [4.78, 5) is 12.8. The summed E-state index contributed by atoms with van der Waals surface area (Å²) >= 11 is 6.19. The Morgan fingerprint density at radius 3 is 2.67 bits per heavy atom. The molecule has 1 saturated heterocycles. The number of benzene rings is 2. The number of hydrogen-bond donors (Lipinski definition) is 1. The molecule has 33 heavy (non-hydrogen) atoms. The van der Waals surface area contributed by atoms with Gasteiger partial charge in [-0.1, -0.05) is 22.9 Å². The van der Waals surface area contributed by atoms with E-state index >= 15 is 0 Å². The fraction of sp³-hybridized carbons (Fsp3) is 0.286. The Kier molecular flexibility index (Phi) is 6.66. The van der Waals surface area contributed by atoms with Gasteiger partial charge in [-0.3, -0.25) is 4.79 Å². The number of nitrogens with zero attached hydrogens (tertiary/aromatic N) is 4. The van der Waals surface area contributed by atoms with E-state index in [1.165, 1.54) is 27.2 Å². The third-order valence-electron chi connectivity index (χ3n) is 5.18. The van der Waals surface area contributed by atoms with Crippen LogP contribution in [0.5, 0.6) is 5.75 Å². The Bertz CT molecular complexity index is 1290. The largest absolute Gasteiger partial charge is 0.497 e. The van der Waals surface area contributed by atoms with E-state index in [1.54, 1.807) is 32.2 Å². The molecule has 1 aliphatic rings. The molecule has 1 aliphatic heterocycles. The number of carbonyl (C=O) groups is 1. The first-order chi connectivity index (χ1) is 15.8. The summed E-state index contributed by atoms with van der Waals surface area (Å²) in [7, 11) is -2.27. The van der Waals surface area contributed by atoms with Gasteiger partial charge in [-0.2, -0.15) is 4.31 Å². The van der Waals surface area contributed by atoms with Crippen molar-refractivity contribution in [3.8, 4) is 11.4 Å². The van der Waals surface area contributed by atoms with E-state index in [0.717, 1.165) is 0 Å². The van der Waals surface area contributed by atoms with Crippen LogP contribution in [-0.2, 0) is 14.8 Å². The predicted octanol–water partition coefficient (Wildman–Crippen LogP) is 2.51. The van der Waals surface area contributed by atoms with Gasteiger partial charge in [-0.25, -0.2) is 13.1 Å². The number of hydrogen-bond acceptors (Lipinski definition) is 7. The summed E-state index contributed by atoms with van der Waals surface area (Å²) in [5.41, 5.74) is 1.57. The molecule has 12 heteroatoms. The fourth-order valence-electron chi connectivity index (χ4n) is 3.42. The summed E-state index contributed by atoms with van der Waals surface area (Å²) < 4.78 is 39.3. The summed E-state index contributed by atoms with van der Waals surface area (Å²) in [6, 6.07) is 11.5. The smallest absolute Gasteiger partial charge is 0.278 e. The molecule has 0 atom stereocenters. The van der Waals surface area contributed by atoms with Crippen LogP contribution >= 0.6 is 11.6 Å². The lowest BCUT2D eigenvalue weighted by Gasteiger charge is -2.26. The number of sulfonamides is 1. The number of methoxy groups -OCH3 is 1. The Hall–Kier alpha value is -2.99. The minimum absolute atomic E-state index is 0.0691. The van der Waals surface area contributed by atoms with Crippen LogP contribution in [0, 0.1) is 6.92 Å². The normalized spacial score (nSPS) is 14.8. The molecule has 0 unspecified atom stereocenters. The van der Waals surface area contributed by atoms with E-state index < -0.39 is 15.9 Å². The molecule has 1 aromatic heterocycles. The van der Waals surface area contributed by atoms with Crippen molar-refractivity contribution in [1.29, 1.82) is 0 Å². The number of anilines is 1. The first-order valence-electron chi connectivity index (χ1n) is 10.1. The molecule has 2 aromatic carbocycles. The minimum Gasteiger partial charge on any atom is -0.497 e. The molecule has 1 amide bonds. The molecule has 1 fully saturated rings. The van der Waals surface area contributed by atoms with E-state index in [4.69, 9.17) is 21.1 Å². The number of carbonyl (C=O) groups excluding carboxylic acids is 1. The van der Waals surface area contributed by atoms with Gasteiger partial charge in [0.1, 0.15) is 10.6 Å². The van der Waals surface area contributed by atoms with Crippen molar-refractivity contribution in [3.63, 3.8) is 0 Å². The summed E-state index contributed by atoms with van der Waals surface area (Å²) in [5, 5.41) is 10.8. The third-order valence-corrected chi connectivity index (χ3v) is 7.56. The molecular weight excluding hydrogens is 470 g/mol. The van der Waals surface area contributed by atoms with Crippen molar-refractivity contribution >= 4 is 33.2 Å². The number of morpholine rings is 1. The molecule has 10 nitrogen and oxygen atoms in total. The third kappa shape index (κ3) is 4.71. The van der Waals surface area contributed by atoms with Crippen molar-refractivity contribution in [1.82, 2.24) is 19.3 Å². The standard InChI is InChI=1S/C21H22ClN5O5S/c1-14-20(24-25-27(14)16-4-3-5-17(13-16)31-2)21(28)23-15-6-7-18(22)19(12-15)33(29,30)26-8-10-32-11-9-26/h3-7,12-13H,8-11H2,1-2H3,(H,23,28). The fourth-order valence-corrected chi connectivity index (χ4v) is 5.33. The first kappa shape index (κ1) is 23.2. The number of amides is 1. The van der Waals surface area contributed by atoms with Crippen LogP contribution in [0.25, 0.3) is 5.69 Å². The van der Waals surface area contributed by atoms with Crippen LogP contribution in [0.15, 0.2) is 47.4 Å². The van der Waals surface area contributed by atoms with Crippen LogP contribution in [0.4, 0.5) is 5.69 Å². The molecule has 0 spiro atoms. The Morgan fingerprint density at radius 1 is 1.18 bits per heavy atom. The van der Waals surface area contributed by atoms with Crippen LogP contribution in [0.2, 0.25) is 5.02 Å². The van der Waals surface area contributed by atoms with Crippen LogP contribution in [0.3, 0.4) is 0 Å². The molecule has 1 N–H and O–H groups in total. The Balaban J connectivity index is 1.58. The molecule has 4 rings (SSSR count). The number of ether oxygens (including phenoxy) is 2. The second-order valence-corrected chi connectivity index (χ2v) is 9.57. The minimum atomic E-state index is -3.84. The maximum atomic E-state index is 13.0. The van der Waals surface area contributed by atoms with E-state index in [9.17, 15) is 13.2 Å². The van der Waals surface area contributed by atoms with E-state index in [0.29, 0.717) is 30.3 Å². The van der Waals surface area contributed by atoms with Crippen molar-refractivity contribution in [3.05, 3.63) is 58.9 Å². The van der Waals surface area contributed by atoms with Gasteiger partial charge < -0.3 is 14.8 Å². The van der Waals surface area contributed by atoms with Crippen LogP contribution in [0.1, 0.15) is 16.2 Å². The zero-order valence-corrected chi connectivity index (χ0v) is 19.6. The van der Waals surface area contributed by atoms with Crippen molar-refractivity contribution in [2.24, 2.45) is 0 Å². The first-order valence-corrected chi connectivity index (χ1v) is 11.9. The number of nitrogens with one attached hydrogen (secondary N) is 1. The van der Waals surface area contributed by atoms with Gasteiger partial charge in [0.2, 0.25) is 10.0 Å².